The Morgan fingerprint density at radius 2 is 2.24 bits per heavy atom. The van der Waals surface area contributed by atoms with E-state index < -0.39 is 5.97 Å². The molecule has 6 nitrogen and oxygen atoms in total. The van der Waals surface area contributed by atoms with Gasteiger partial charge in [0, 0.05) is 18.3 Å². The summed E-state index contributed by atoms with van der Waals surface area (Å²) in [7, 11) is 0. The summed E-state index contributed by atoms with van der Waals surface area (Å²) in [4.78, 5) is 17.6. The van der Waals surface area contributed by atoms with Gasteiger partial charge in [0.05, 0.1) is 12.1 Å². The highest BCUT2D eigenvalue weighted by Gasteiger charge is 2.22. The number of aromatic carboxylic acids is 1. The lowest BCUT2D eigenvalue weighted by Gasteiger charge is -2.20. The zero-order chi connectivity index (χ0) is 15.0. The van der Waals surface area contributed by atoms with E-state index in [9.17, 15) is 4.79 Å². The van der Waals surface area contributed by atoms with Crippen molar-refractivity contribution in [3.63, 3.8) is 0 Å². The van der Waals surface area contributed by atoms with E-state index in [1.165, 1.54) is 0 Å². The molecular weight excluding hydrogens is 268 g/mol. The number of hydrogen-bond acceptors (Lipinski definition) is 4. The fraction of sp³-hybridized carbons (Fsp3) is 0.400. The van der Waals surface area contributed by atoms with Crippen LogP contribution in [-0.4, -0.2) is 32.4 Å². The molecule has 0 saturated heterocycles. The van der Waals surface area contributed by atoms with Crippen LogP contribution >= 0.6 is 0 Å². The molecule has 1 aromatic heterocycles. The Morgan fingerprint density at radius 1 is 1.43 bits per heavy atom. The van der Waals surface area contributed by atoms with Gasteiger partial charge in [0.15, 0.2) is 0 Å². The third-order valence-electron chi connectivity index (χ3n) is 3.79. The lowest BCUT2D eigenvalue weighted by molar-refractivity contribution is 0.0697. The molecule has 0 atom stereocenters. The molecule has 0 bridgehead atoms. The molecule has 110 valence electrons. The zero-order valence-electron chi connectivity index (χ0n) is 12.2. The van der Waals surface area contributed by atoms with Gasteiger partial charge in [-0.1, -0.05) is 0 Å². The molecule has 0 radical (unpaired) electrons. The van der Waals surface area contributed by atoms with Gasteiger partial charge in [-0.25, -0.2) is 14.5 Å². The van der Waals surface area contributed by atoms with E-state index in [1.54, 1.807) is 18.5 Å². The summed E-state index contributed by atoms with van der Waals surface area (Å²) in [5.41, 5.74) is 2.53. The molecule has 0 fully saturated rings. The van der Waals surface area contributed by atoms with Crippen LogP contribution in [0.2, 0.25) is 0 Å². The van der Waals surface area contributed by atoms with E-state index in [1.807, 2.05) is 10.7 Å². The number of rotatable bonds is 4. The van der Waals surface area contributed by atoms with Crippen LogP contribution < -0.4 is 4.90 Å². The molecule has 1 aliphatic heterocycles. The molecule has 0 spiro atoms. The molecule has 1 N–H and O–H groups in total. The number of carboxylic acids is 1. The second-order valence-corrected chi connectivity index (χ2v) is 5.53. The first-order valence-corrected chi connectivity index (χ1v) is 7.06. The maximum absolute atomic E-state index is 11.0. The van der Waals surface area contributed by atoms with Crippen molar-refractivity contribution in [2.24, 2.45) is 0 Å². The molecule has 21 heavy (non-hydrogen) atoms. The number of fused-ring (bicyclic) bond motifs is 1. The fourth-order valence-corrected chi connectivity index (χ4v) is 2.76. The van der Waals surface area contributed by atoms with Crippen LogP contribution in [0.25, 0.3) is 0 Å². The van der Waals surface area contributed by atoms with E-state index in [4.69, 9.17) is 5.11 Å². The number of hydrogen-bond donors (Lipinski definition) is 1. The van der Waals surface area contributed by atoms with Gasteiger partial charge in [-0.05, 0) is 44.0 Å². The summed E-state index contributed by atoms with van der Waals surface area (Å²) in [5.74, 6) is 0.0518. The predicted octanol–water partition coefficient (Wildman–Crippen LogP) is 2.12. The van der Waals surface area contributed by atoms with Gasteiger partial charge in [0.1, 0.15) is 12.2 Å². The molecule has 0 saturated carbocycles. The van der Waals surface area contributed by atoms with Crippen molar-refractivity contribution in [3.05, 3.63) is 41.5 Å². The van der Waals surface area contributed by atoms with Crippen molar-refractivity contribution in [3.8, 4) is 0 Å². The largest absolute Gasteiger partial charge is 0.478 e. The topological polar surface area (TPSA) is 71.2 Å². The summed E-state index contributed by atoms with van der Waals surface area (Å²) in [6.45, 7) is 5.73. The van der Waals surface area contributed by atoms with Crippen LogP contribution in [0.1, 0.15) is 41.6 Å². The highest BCUT2D eigenvalue weighted by Crippen LogP contribution is 2.30. The first-order chi connectivity index (χ1) is 10.1. The zero-order valence-corrected chi connectivity index (χ0v) is 12.2. The summed E-state index contributed by atoms with van der Waals surface area (Å²) in [6.07, 6.45) is 2.45. The van der Waals surface area contributed by atoms with Crippen LogP contribution in [0.3, 0.4) is 0 Å². The van der Waals surface area contributed by atoms with Gasteiger partial charge in [0.25, 0.3) is 0 Å². The molecule has 0 amide bonds. The van der Waals surface area contributed by atoms with Crippen molar-refractivity contribution < 1.29 is 9.90 Å². The van der Waals surface area contributed by atoms with Crippen molar-refractivity contribution in [1.29, 1.82) is 0 Å². The van der Waals surface area contributed by atoms with Crippen molar-refractivity contribution in [1.82, 2.24) is 14.8 Å². The molecule has 3 rings (SSSR count). The van der Waals surface area contributed by atoms with E-state index in [0.717, 1.165) is 30.0 Å². The highest BCUT2D eigenvalue weighted by molar-refractivity contribution is 5.88. The van der Waals surface area contributed by atoms with Gasteiger partial charge < -0.3 is 10.0 Å². The number of nitrogens with zero attached hydrogens (tertiary/aromatic N) is 4. The molecule has 1 aromatic carbocycles. The number of carbonyl (C=O) groups is 1. The molecular formula is C15H18N4O2. The van der Waals surface area contributed by atoms with E-state index >= 15 is 0 Å². The smallest absolute Gasteiger partial charge is 0.335 e. The van der Waals surface area contributed by atoms with Gasteiger partial charge in [-0.3, -0.25) is 0 Å². The Labute approximate surface area is 123 Å². The first kappa shape index (κ1) is 13.6. The van der Waals surface area contributed by atoms with Crippen LogP contribution in [-0.2, 0) is 13.0 Å². The first-order valence-electron chi connectivity index (χ1n) is 7.06. The summed E-state index contributed by atoms with van der Waals surface area (Å²) in [6, 6.07) is 5.60. The third kappa shape index (κ3) is 2.49. The monoisotopic (exact) mass is 286 g/mol. The SMILES string of the molecule is CC(C)n1ncnc1CN1CCc2cc(C(=O)O)ccc21. The third-order valence-corrected chi connectivity index (χ3v) is 3.79. The van der Waals surface area contributed by atoms with Crippen molar-refractivity contribution >= 4 is 11.7 Å². The molecule has 2 heterocycles. The maximum atomic E-state index is 11.0. The van der Waals surface area contributed by atoms with Gasteiger partial charge >= 0.3 is 5.97 Å². The average molecular weight is 286 g/mol. The lowest BCUT2D eigenvalue weighted by atomic mass is 10.1. The molecule has 6 heteroatoms. The molecule has 1 aliphatic rings. The molecule has 0 unspecified atom stereocenters. The second-order valence-electron chi connectivity index (χ2n) is 5.53. The fourth-order valence-electron chi connectivity index (χ4n) is 2.76. The van der Waals surface area contributed by atoms with Crippen LogP contribution in [0.5, 0.6) is 0 Å². The minimum atomic E-state index is -0.879. The van der Waals surface area contributed by atoms with E-state index in [0.29, 0.717) is 12.1 Å². The Hall–Kier alpha value is -2.37. The number of benzene rings is 1. The predicted molar refractivity (Wildman–Crippen MR) is 78.6 cm³/mol. The minimum absolute atomic E-state index is 0.277. The Morgan fingerprint density at radius 3 is 2.95 bits per heavy atom. The highest BCUT2D eigenvalue weighted by atomic mass is 16.4. The Bertz CT molecular complexity index is 678. The number of anilines is 1. The average Bonchev–Trinajstić information content (AvgIpc) is 3.06. The van der Waals surface area contributed by atoms with Crippen molar-refractivity contribution in [2.75, 3.05) is 11.4 Å². The van der Waals surface area contributed by atoms with Gasteiger partial charge in [-0.2, -0.15) is 5.10 Å². The van der Waals surface area contributed by atoms with Crippen LogP contribution in [0.15, 0.2) is 24.5 Å². The van der Waals surface area contributed by atoms with Gasteiger partial charge in [-0.15, -0.1) is 0 Å². The molecule has 2 aromatic rings. The Balaban J connectivity index is 1.84. The van der Waals surface area contributed by atoms with Crippen LogP contribution in [0.4, 0.5) is 5.69 Å². The molecule has 0 aliphatic carbocycles. The quantitative estimate of drug-likeness (QED) is 0.932. The summed E-state index contributed by atoms with van der Waals surface area (Å²) >= 11 is 0. The Kier molecular flexibility index (Phi) is 3.37. The normalized spacial score (nSPS) is 13.8. The van der Waals surface area contributed by atoms with Gasteiger partial charge in [0.2, 0.25) is 0 Å². The van der Waals surface area contributed by atoms with E-state index in [2.05, 4.69) is 28.8 Å². The maximum Gasteiger partial charge on any atom is 0.335 e. The van der Waals surface area contributed by atoms with E-state index in [-0.39, 0.29) is 6.04 Å². The van der Waals surface area contributed by atoms with Crippen molar-refractivity contribution in [2.45, 2.75) is 32.9 Å². The second kappa shape index (κ2) is 5.20. The standard InChI is InChI=1S/C15H18N4O2/c1-10(2)19-14(16-9-17-19)8-18-6-5-11-7-12(15(20)21)3-4-13(11)18/h3-4,7,9-10H,5-6,8H2,1-2H3,(H,20,21). The lowest BCUT2D eigenvalue weighted by Crippen LogP contribution is -2.23. The summed E-state index contributed by atoms with van der Waals surface area (Å²) < 4.78 is 1.92. The summed E-state index contributed by atoms with van der Waals surface area (Å²) in [5, 5.41) is 13.3. The number of carboxylic acid groups (broad SMARTS) is 1. The van der Waals surface area contributed by atoms with Crippen LogP contribution in [0, 0.1) is 0 Å². The number of aromatic nitrogens is 3. The minimum Gasteiger partial charge on any atom is -0.478 e.